The highest BCUT2D eigenvalue weighted by molar-refractivity contribution is 5.49. The van der Waals surface area contributed by atoms with Crippen LogP contribution >= 0.6 is 0 Å². The summed E-state index contributed by atoms with van der Waals surface area (Å²) >= 11 is 0. The van der Waals surface area contributed by atoms with Crippen LogP contribution in [0.5, 0.6) is 0 Å². The van der Waals surface area contributed by atoms with E-state index >= 15 is 0 Å². The molecule has 7 heavy (non-hydrogen) atoms. The number of ether oxygens (including phenoxy) is 1. The van der Waals surface area contributed by atoms with E-state index in [1.165, 1.54) is 6.40 Å². The van der Waals surface area contributed by atoms with Crippen molar-refractivity contribution in [2.45, 2.75) is 12.6 Å². The first-order chi connectivity index (χ1) is 3.21. The molecule has 0 aliphatic carbocycles. The van der Waals surface area contributed by atoms with Crippen LogP contribution in [-0.2, 0) is 4.74 Å². The lowest BCUT2D eigenvalue weighted by atomic mass is 10.3. The molecule has 0 aromatic heterocycles. The number of nitrogens with zero attached hydrogens (tertiary/aromatic N) is 1. The first-order valence-electron chi connectivity index (χ1n) is 2.08. The van der Waals surface area contributed by atoms with E-state index in [1.54, 1.807) is 6.92 Å². The minimum atomic E-state index is -0.958. The van der Waals surface area contributed by atoms with E-state index < -0.39 is 5.72 Å². The smallest absolute Gasteiger partial charge is 0.190 e. The molecular weight excluding hydrogens is 94.0 g/mol. The van der Waals surface area contributed by atoms with Crippen molar-refractivity contribution in [1.82, 2.24) is 0 Å². The third-order valence-electron chi connectivity index (χ3n) is 0.762. The summed E-state index contributed by atoms with van der Waals surface area (Å²) in [7, 11) is 0. The van der Waals surface area contributed by atoms with Gasteiger partial charge in [0, 0.05) is 0 Å². The fourth-order valence-electron chi connectivity index (χ4n) is 0.383. The Labute approximate surface area is 41.6 Å². The summed E-state index contributed by atoms with van der Waals surface area (Å²) < 4.78 is 4.62. The van der Waals surface area contributed by atoms with Crippen molar-refractivity contribution in [3.8, 4) is 0 Å². The van der Waals surface area contributed by atoms with E-state index in [2.05, 4.69) is 9.73 Å². The average molecular weight is 101 g/mol. The van der Waals surface area contributed by atoms with E-state index in [0.29, 0.717) is 0 Å². The second-order valence-electron chi connectivity index (χ2n) is 1.76. The predicted molar refractivity (Wildman–Crippen MR) is 25.1 cm³/mol. The Balaban J connectivity index is 2.57. The van der Waals surface area contributed by atoms with E-state index in [9.17, 15) is 0 Å². The molecule has 1 rings (SSSR count). The van der Waals surface area contributed by atoms with Gasteiger partial charge in [-0.1, -0.05) is 0 Å². The van der Waals surface area contributed by atoms with Crippen molar-refractivity contribution in [1.29, 1.82) is 0 Å². The van der Waals surface area contributed by atoms with Crippen molar-refractivity contribution < 1.29 is 9.84 Å². The molecule has 1 atom stereocenters. The zero-order valence-corrected chi connectivity index (χ0v) is 4.09. The molecule has 1 N–H and O–H groups in total. The first kappa shape index (κ1) is 4.59. The molecule has 0 fully saturated rings. The molecule has 1 unspecified atom stereocenters. The molecule has 0 amide bonds. The quantitative estimate of drug-likeness (QED) is 0.457. The molecule has 0 aromatic carbocycles. The van der Waals surface area contributed by atoms with Crippen LogP contribution in [0.2, 0.25) is 0 Å². The van der Waals surface area contributed by atoms with Gasteiger partial charge in [-0.3, -0.25) is 0 Å². The maximum absolute atomic E-state index is 8.87. The maximum Gasteiger partial charge on any atom is 0.190 e. The van der Waals surface area contributed by atoms with E-state index in [0.717, 1.165) is 0 Å². The summed E-state index contributed by atoms with van der Waals surface area (Å²) in [5, 5.41) is 8.87. The van der Waals surface area contributed by atoms with Gasteiger partial charge in [-0.15, -0.1) is 0 Å². The number of aliphatic imine (C=N–C) groups is 1. The summed E-state index contributed by atoms with van der Waals surface area (Å²) in [4.78, 5) is 3.58. The zero-order valence-electron chi connectivity index (χ0n) is 4.09. The van der Waals surface area contributed by atoms with Gasteiger partial charge < -0.3 is 9.84 Å². The van der Waals surface area contributed by atoms with Gasteiger partial charge in [0.2, 0.25) is 0 Å². The second-order valence-corrected chi connectivity index (χ2v) is 1.76. The third-order valence-corrected chi connectivity index (χ3v) is 0.762. The molecule has 1 aliphatic heterocycles. The Hall–Kier alpha value is -0.570. The Kier molecular flexibility index (Phi) is 0.785. The number of hydrogen-bond donors (Lipinski definition) is 1. The Bertz CT molecular complexity index is 97.9. The van der Waals surface area contributed by atoms with Gasteiger partial charge in [-0.25, -0.2) is 4.99 Å². The highest BCUT2D eigenvalue weighted by atomic mass is 16.5. The van der Waals surface area contributed by atoms with Gasteiger partial charge in [0.15, 0.2) is 12.1 Å². The van der Waals surface area contributed by atoms with Crippen LogP contribution < -0.4 is 0 Å². The Morgan fingerprint density at radius 2 is 2.71 bits per heavy atom. The molecule has 0 bridgehead atoms. The molecule has 0 spiro atoms. The molecule has 1 aliphatic rings. The first-order valence-corrected chi connectivity index (χ1v) is 2.08. The van der Waals surface area contributed by atoms with Crippen LogP contribution in [-0.4, -0.2) is 23.8 Å². The van der Waals surface area contributed by atoms with Crippen molar-refractivity contribution >= 4 is 6.40 Å². The summed E-state index contributed by atoms with van der Waals surface area (Å²) in [6.07, 6.45) is 1.26. The zero-order chi connectivity index (χ0) is 5.33. The molecule has 3 nitrogen and oxygen atoms in total. The Morgan fingerprint density at radius 3 is 2.86 bits per heavy atom. The summed E-state index contributed by atoms with van der Waals surface area (Å²) in [6.45, 7) is 1.88. The molecule has 0 saturated carbocycles. The largest absolute Gasteiger partial charge is 0.478 e. The van der Waals surface area contributed by atoms with Gasteiger partial charge in [0.25, 0.3) is 0 Å². The van der Waals surface area contributed by atoms with Gasteiger partial charge >= 0.3 is 0 Å². The van der Waals surface area contributed by atoms with Crippen LogP contribution in [0.3, 0.4) is 0 Å². The number of aliphatic hydroxyl groups is 1. The van der Waals surface area contributed by atoms with E-state index in [1.807, 2.05) is 0 Å². The molecule has 40 valence electrons. The fraction of sp³-hybridized carbons (Fsp3) is 0.750. The van der Waals surface area contributed by atoms with Crippen molar-refractivity contribution in [2.24, 2.45) is 4.99 Å². The maximum atomic E-state index is 8.87. The molecule has 0 saturated heterocycles. The van der Waals surface area contributed by atoms with Crippen molar-refractivity contribution in [2.75, 3.05) is 6.61 Å². The SMILES string of the molecule is CC1(O)COC=N1. The van der Waals surface area contributed by atoms with Crippen molar-refractivity contribution in [3.05, 3.63) is 0 Å². The highest BCUT2D eigenvalue weighted by Gasteiger charge is 2.22. The lowest BCUT2D eigenvalue weighted by molar-refractivity contribution is 0.0415. The molecular formula is C4H7NO2. The van der Waals surface area contributed by atoms with Crippen LogP contribution in [0.25, 0.3) is 0 Å². The van der Waals surface area contributed by atoms with E-state index in [4.69, 9.17) is 5.11 Å². The van der Waals surface area contributed by atoms with E-state index in [-0.39, 0.29) is 6.61 Å². The number of rotatable bonds is 0. The monoisotopic (exact) mass is 101 g/mol. The van der Waals surface area contributed by atoms with Crippen molar-refractivity contribution in [3.63, 3.8) is 0 Å². The van der Waals surface area contributed by atoms with Crippen LogP contribution in [0.15, 0.2) is 4.99 Å². The summed E-state index contributed by atoms with van der Waals surface area (Å²) in [5.74, 6) is 0. The summed E-state index contributed by atoms with van der Waals surface area (Å²) in [6, 6.07) is 0. The number of hydrogen-bond acceptors (Lipinski definition) is 3. The summed E-state index contributed by atoms with van der Waals surface area (Å²) in [5.41, 5.74) is -0.958. The lowest BCUT2D eigenvalue weighted by Crippen LogP contribution is -2.21. The van der Waals surface area contributed by atoms with Crippen LogP contribution in [0.1, 0.15) is 6.92 Å². The lowest BCUT2D eigenvalue weighted by Gasteiger charge is -2.06. The van der Waals surface area contributed by atoms with Crippen LogP contribution in [0, 0.1) is 0 Å². The normalized spacial score (nSPS) is 38.6. The molecule has 0 aromatic rings. The predicted octanol–water partition coefficient (Wildman–Crippen LogP) is -0.247. The Morgan fingerprint density at radius 1 is 2.00 bits per heavy atom. The highest BCUT2D eigenvalue weighted by Crippen LogP contribution is 2.08. The molecule has 0 radical (unpaired) electrons. The van der Waals surface area contributed by atoms with Gasteiger partial charge in [0.05, 0.1) is 0 Å². The molecule has 1 heterocycles. The van der Waals surface area contributed by atoms with Gasteiger partial charge in [-0.2, -0.15) is 0 Å². The van der Waals surface area contributed by atoms with Gasteiger partial charge in [-0.05, 0) is 6.92 Å². The fourth-order valence-corrected chi connectivity index (χ4v) is 0.383. The van der Waals surface area contributed by atoms with Crippen LogP contribution in [0.4, 0.5) is 0 Å². The van der Waals surface area contributed by atoms with Gasteiger partial charge in [0.1, 0.15) is 6.61 Å². The standard InChI is InChI=1S/C4H7NO2/c1-4(6)2-7-3-5-4/h3,6H,2H2,1H3. The average Bonchev–Trinajstić information content (AvgIpc) is 1.84. The third kappa shape index (κ3) is 0.899. The minimum absolute atomic E-state index is 0.285. The minimum Gasteiger partial charge on any atom is -0.478 e. The second kappa shape index (κ2) is 1.20. The topological polar surface area (TPSA) is 41.8 Å². The molecule has 3 heteroatoms.